The van der Waals surface area contributed by atoms with Gasteiger partial charge in [0.1, 0.15) is 0 Å². The lowest BCUT2D eigenvalue weighted by molar-refractivity contribution is -0.389. The van der Waals surface area contributed by atoms with Gasteiger partial charge in [0.2, 0.25) is 0 Å². The largest absolute Gasteiger partial charge is 0.380 e. The maximum Gasteiger partial charge on any atom is 0.363 e. The summed E-state index contributed by atoms with van der Waals surface area (Å²) >= 11 is 0. The third-order valence-electron chi connectivity index (χ3n) is 2.19. The highest BCUT2D eigenvalue weighted by Crippen LogP contribution is 2.13. The summed E-state index contributed by atoms with van der Waals surface area (Å²) in [5, 5.41) is 13.5. The quantitative estimate of drug-likeness (QED) is 0.617. The van der Waals surface area contributed by atoms with Crippen LogP contribution in [0.15, 0.2) is 18.3 Å². The highest BCUT2D eigenvalue weighted by atomic mass is 32.2. The van der Waals surface area contributed by atoms with Gasteiger partial charge in [0.05, 0.1) is 5.69 Å². The smallest absolute Gasteiger partial charge is 0.363 e. The molecule has 0 bridgehead atoms. The monoisotopic (exact) mass is 257 g/mol. The first-order valence-electron chi connectivity index (χ1n) is 5.16. The third kappa shape index (κ3) is 4.90. The second kappa shape index (κ2) is 6.29. The van der Waals surface area contributed by atoms with Crippen LogP contribution in [0, 0.1) is 10.1 Å². The summed E-state index contributed by atoms with van der Waals surface area (Å²) in [5.41, 5.74) is 0.727. The molecule has 2 unspecified atom stereocenters. The predicted octanol–water partition coefficient (Wildman–Crippen LogP) is 1.56. The lowest BCUT2D eigenvalue weighted by Crippen LogP contribution is -2.17. The van der Waals surface area contributed by atoms with Crippen LogP contribution >= 0.6 is 0 Å². The Bertz CT molecular complexity index is 408. The molecule has 0 radical (unpaired) electrons. The highest BCUT2D eigenvalue weighted by molar-refractivity contribution is 7.84. The van der Waals surface area contributed by atoms with Gasteiger partial charge in [0.15, 0.2) is 6.20 Å². The van der Waals surface area contributed by atoms with Crippen LogP contribution in [0.1, 0.15) is 13.3 Å². The van der Waals surface area contributed by atoms with Crippen molar-refractivity contribution in [2.45, 2.75) is 19.4 Å². The average Bonchev–Trinajstić information content (AvgIpc) is 2.27. The van der Waals surface area contributed by atoms with Gasteiger partial charge in [-0.25, -0.2) is 0 Å². The molecule has 1 heterocycles. The molecule has 0 amide bonds. The van der Waals surface area contributed by atoms with Gasteiger partial charge in [-0.2, -0.15) is 0 Å². The second-order valence-electron chi connectivity index (χ2n) is 3.77. The molecule has 1 N–H and O–H groups in total. The summed E-state index contributed by atoms with van der Waals surface area (Å²) in [7, 11) is -0.799. The number of anilines is 1. The van der Waals surface area contributed by atoms with Crippen LogP contribution in [0.4, 0.5) is 11.5 Å². The van der Waals surface area contributed by atoms with E-state index in [-0.39, 0.29) is 11.9 Å². The Morgan fingerprint density at radius 1 is 1.59 bits per heavy atom. The van der Waals surface area contributed by atoms with Crippen LogP contribution in [0.2, 0.25) is 0 Å². The molecule has 0 aliphatic rings. The van der Waals surface area contributed by atoms with E-state index in [9.17, 15) is 14.3 Å². The summed E-state index contributed by atoms with van der Waals surface area (Å²) in [6.07, 6.45) is 3.87. The fraction of sp³-hybridized carbons (Fsp3) is 0.500. The van der Waals surface area contributed by atoms with Crippen molar-refractivity contribution >= 4 is 22.3 Å². The van der Waals surface area contributed by atoms with Crippen LogP contribution in [-0.4, -0.2) is 32.2 Å². The molecule has 0 aliphatic carbocycles. The number of rotatable bonds is 6. The van der Waals surface area contributed by atoms with Gasteiger partial charge in [-0.1, -0.05) is 0 Å². The fourth-order valence-corrected chi connectivity index (χ4v) is 1.96. The molecule has 6 nitrogen and oxygen atoms in total. The number of nitrogens with one attached hydrogen (secondary N) is 1. The van der Waals surface area contributed by atoms with Gasteiger partial charge in [-0.3, -0.25) is 4.21 Å². The Hall–Kier alpha value is -1.50. The zero-order valence-electron chi connectivity index (χ0n) is 9.75. The third-order valence-corrected chi connectivity index (χ3v) is 3.00. The molecule has 0 saturated carbocycles. The van der Waals surface area contributed by atoms with Gasteiger partial charge in [-0.05, 0) is 29.3 Å². The molecule has 0 fully saturated rings. The minimum Gasteiger partial charge on any atom is -0.380 e. The van der Waals surface area contributed by atoms with Gasteiger partial charge < -0.3 is 15.4 Å². The number of nitro groups is 1. The van der Waals surface area contributed by atoms with Crippen molar-refractivity contribution in [2.24, 2.45) is 0 Å². The van der Waals surface area contributed by atoms with Crippen molar-refractivity contribution in [1.82, 2.24) is 4.98 Å². The number of hydrogen-bond acceptors (Lipinski definition) is 5. The highest BCUT2D eigenvalue weighted by Gasteiger charge is 2.08. The second-order valence-corrected chi connectivity index (χ2v) is 5.33. The van der Waals surface area contributed by atoms with E-state index in [0.29, 0.717) is 5.75 Å². The molecule has 1 aromatic rings. The topological polar surface area (TPSA) is 85.1 Å². The van der Waals surface area contributed by atoms with E-state index in [1.807, 2.05) is 6.92 Å². The van der Waals surface area contributed by atoms with Crippen molar-refractivity contribution in [2.75, 3.05) is 17.3 Å². The van der Waals surface area contributed by atoms with Crippen molar-refractivity contribution in [3.8, 4) is 0 Å². The molecule has 0 aliphatic heterocycles. The molecule has 7 heteroatoms. The first-order valence-corrected chi connectivity index (χ1v) is 6.88. The van der Waals surface area contributed by atoms with E-state index in [4.69, 9.17) is 0 Å². The minimum absolute atomic E-state index is 0.155. The molecule has 0 aromatic carbocycles. The molecular formula is C10H15N3O3S. The van der Waals surface area contributed by atoms with Crippen molar-refractivity contribution in [3.63, 3.8) is 0 Å². The van der Waals surface area contributed by atoms with E-state index in [0.717, 1.165) is 12.1 Å². The fourth-order valence-electron chi connectivity index (χ4n) is 1.28. The van der Waals surface area contributed by atoms with E-state index < -0.39 is 15.7 Å². The standard InChI is InChI=1S/C10H15N3O3S/c1-8(5-6-17(2)16)12-9-3-4-10(11-7-9)13(14)15/h3-4,7-8,12H,5-6H2,1-2H3. The number of pyridine rings is 1. The van der Waals surface area contributed by atoms with E-state index in [2.05, 4.69) is 10.3 Å². The Labute approximate surface area is 102 Å². The molecule has 1 rings (SSSR count). The Morgan fingerprint density at radius 3 is 2.76 bits per heavy atom. The molecule has 0 spiro atoms. The maximum atomic E-state index is 10.9. The average molecular weight is 257 g/mol. The SMILES string of the molecule is CC(CCS(C)=O)Nc1ccc([N+](=O)[O-])nc1. The van der Waals surface area contributed by atoms with Crippen molar-refractivity contribution < 1.29 is 9.13 Å². The lowest BCUT2D eigenvalue weighted by Gasteiger charge is -2.12. The first-order chi connectivity index (χ1) is 7.99. The zero-order valence-corrected chi connectivity index (χ0v) is 10.6. The molecule has 94 valence electrons. The van der Waals surface area contributed by atoms with Gasteiger partial charge in [-0.15, -0.1) is 0 Å². The Balaban J connectivity index is 2.51. The summed E-state index contributed by atoms with van der Waals surface area (Å²) in [6, 6.07) is 3.12. The number of nitrogens with zero attached hydrogens (tertiary/aromatic N) is 2. The van der Waals surface area contributed by atoms with Crippen molar-refractivity contribution in [1.29, 1.82) is 0 Å². The van der Waals surface area contributed by atoms with E-state index in [1.165, 1.54) is 12.3 Å². The normalized spacial score (nSPS) is 14.0. The minimum atomic E-state index is -0.799. The lowest BCUT2D eigenvalue weighted by atomic mass is 10.2. The Kier molecular flexibility index (Phi) is 5.02. The maximum absolute atomic E-state index is 10.9. The van der Waals surface area contributed by atoms with Crippen LogP contribution in [-0.2, 0) is 10.8 Å². The van der Waals surface area contributed by atoms with Crippen molar-refractivity contribution in [3.05, 3.63) is 28.4 Å². The molecule has 17 heavy (non-hydrogen) atoms. The van der Waals surface area contributed by atoms with Crippen LogP contribution in [0.25, 0.3) is 0 Å². The van der Waals surface area contributed by atoms with E-state index >= 15 is 0 Å². The van der Waals surface area contributed by atoms with Crippen LogP contribution in [0.5, 0.6) is 0 Å². The van der Waals surface area contributed by atoms with Gasteiger partial charge >= 0.3 is 5.82 Å². The summed E-state index contributed by atoms with van der Waals surface area (Å²) < 4.78 is 10.9. The number of hydrogen-bond donors (Lipinski definition) is 1. The first kappa shape index (κ1) is 13.6. The molecule has 0 saturated heterocycles. The molecule has 1 aromatic heterocycles. The summed E-state index contributed by atoms with van der Waals surface area (Å²) in [5.74, 6) is 0.465. The zero-order chi connectivity index (χ0) is 12.8. The Morgan fingerprint density at radius 2 is 2.29 bits per heavy atom. The van der Waals surface area contributed by atoms with Crippen LogP contribution < -0.4 is 5.32 Å². The summed E-state index contributed by atoms with van der Waals surface area (Å²) in [6.45, 7) is 1.97. The van der Waals surface area contributed by atoms with Gasteiger partial charge in [0.25, 0.3) is 0 Å². The predicted molar refractivity (Wildman–Crippen MR) is 67.5 cm³/mol. The molecule has 2 atom stereocenters. The van der Waals surface area contributed by atoms with Gasteiger partial charge in [0, 0.05) is 34.9 Å². The van der Waals surface area contributed by atoms with Crippen LogP contribution in [0.3, 0.4) is 0 Å². The number of aromatic nitrogens is 1. The molecular weight excluding hydrogens is 242 g/mol. The summed E-state index contributed by atoms with van der Waals surface area (Å²) in [4.78, 5) is 13.6. The van der Waals surface area contributed by atoms with E-state index in [1.54, 1.807) is 12.3 Å².